The van der Waals surface area contributed by atoms with Crippen molar-refractivity contribution in [2.45, 2.75) is 26.2 Å². The molecule has 0 aliphatic heterocycles. The standard InChI is InChI=1S/C25H27ClN6O4/c1-30-25(36-3)23(26)20(28-30)12-27-24(34)19-15-32(29-21(19)16-35-2)14-18-9-7-17(8-10-18)13-31-11-5-4-6-22(31)33/h4-11,15H,12-14,16H2,1-3H3,(H,27,34). The number of carbonyl (C=O) groups is 1. The molecule has 0 unspecified atom stereocenters. The van der Waals surface area contributed by atoms with Crippen LogP contribution in [-0.4, -0.2) is 44.3 Å². The van der Waals surface area contributed by atoms with Crippen LogP contribution in [0.3, 0.4) is 0 Å². The van der Waals surface area contributed by atoms with Gasteiger partial charge < -0.3 is 19.4 Å². The second-order valence-electron chi connectivity index (χ2n) is 8.18. The monoisotopic (exact) mass is 510 g/mol. The number of hydrogen-bond donors (Lipinski definition) is 1. The Balaban J connectivity index is 1.44. The second-order valence-corrected chi connectivity index (χ2v) is 8.56. The van der Waals surface area contributed by atoms with Crippen molar-refractivity contribution in [3.05, 3.63) is 98.3 Å². The molecule has 3 heterocycles. The molecule has 10 nitrogen and oxygen atoms in total. The average molecular weight is 511 g/mol. The molecule has 4 rings (SSSR count). The van der Waals surface area contributed by atoms with Gasteiger partial charge >= 0.3 is 0 Å². The van der Waals surface area contributed by atoms with E-state index in [4.69, 9.17) is 21.1 Å². The van der Waals surface area contributed by atoms with Gasteiger partial charge in [0, 0.05) is 32.6 Å². The van der Waals surface area contributed by atoms with E-state index in [0.29, 0.717) is 40.9 Å². The van der Waals surface area contributed by atoms with E-state index in [1.807, 2.05) is 30.3 Å². The van der Waals surface area contributed by atoms with Crippen molar-refractivity contribution in [2.75, 3.05) is 14.2 Å². The molecule has 1 N–H and O–H groups in total. The zero-order chi connectivity index (χ0) is 25.7. The number of rotatable bonds is 10. The molecule has 4 aromatic rings. The highest BCUT2D eigenvalue weighted by atomic mass is 35.5. The summed E-state index contributed by atoms with van der Waals surface area (Å²) in [6.07, 6.45) is 3.46. The number of halogens is 1. The fraction of sp³-hybridized carbons (Fsp3) is 0.280. The summed E-state index contributed by atoms with van der Waals surface area (Å²) in [6, 6.07) is 13.0. The molecule has 1 aromatic carbocycles. The molecular weight excluding hydrogens is 484 g/mol. The highest BCUT2D eigenvalue weighted by Gasteiger charge is 2.19. The quantitative estimate of drug-likeness (QED) is 0.351. The van der Waals surface area contributed by atoms with Gasteiger partial charge in [-0.05, 0) is 17.2 Å². The predicted octanol–water partition coefficient (Wildman–Crippen LogP) is 2.61. The van der Waals surface area contributed by atoms with Crippen LogP contribution in [0.2, 0.25) is 5.02 Å². The topological polar surface area (TPSA) is 105 Å². The summed E-state index contributed by atoms with van der Waals surface area (Å²) in [7, 11) is 4.77. The van der Waals surface area contributed by atoms with Gasteiger partial charge in [0.05, 0.1) is 38.9 Å². The molecule has 0 spiro atoms. The van der Waals surface area contributed by atoms with E-state index in [1.54, 1.807) is 47.9 Å². The van der Waals surface area contributed by atoms with Crippen molar-refractivity contribution >= 4 is 17.5 Å². The largest absolute Gasteiger partial charge is 0.480 e. The Morgan fingerprint density at radius 3 is 2.39 bits per heavy atom. The number of methoxy groups -OCH3 is 2. The van der Waals surface area contributed by atoms with Crippen LogP contribution in [0.1, 0.15) is 32.9 Å². The Bertz CT molecular complexity index is 1410. The van der Waals surface area contributed by atoms with Crippen molar-refractivity contribution in [3.63, 3.8) is 0 Å². The molecule has 0 aliphatic rings. The van der Waals surface area contributed by atoms with Crippen molar-refractivity contribution in [1.82, 2.24) is 29.4 Å². The first-order valence-corrected chi connectivity index (χ1v) is 11.6. The van der Waals surface area contributed by atoms with Crippen LogP contribution >= 0.6 is 11.6 Å². The van der Waals surface area contributed by atoms with Gasteiger partial charge in [-0.25, -0.2) is 4.68 Å². The van der Waals surface area contributed by atoms with E-state index >= 15 is 0 Å². The second kappa shape index (κ2) is 11.2. The van der Waals surface area contributed by atoms with Gasteiger partial charge in [-0.3, -0.25) is 14.3 Å². The lowest BCUT2D eigenvalue weighted by Gasteiger charge is -2.07. The summed E-state index contributed by atoms with van der Waals surface area (Å²) < 4.78 is 15.3. The number of ether oxygens (including phenoxy) is 2. The molecule has 0 radical (unpaired) electrons. The smallest absolute Gasteiger partial charge is 0.255 e. The van der Waals surface area contributed by atoms with Crippen molar-refractivity contribution in [2.24, 2.45) is 7.05 Å². The first-order chi connectivity index (χ1) is 17.4. The zero-order valence-electron chi connectivity index (χ0n) is 20.3. The number of pyridine rings is 1. The van der Waals surface area contributed by atoms with Crippen molar-refractivity contribution in [3.8, 4) is 5.88 Å². The fourth-order valence-corrected chi connectivity index (χ4v) is 4.13. The minimum atomic E-state index is -0.308. The molecule has 0 atom stereocenters. The number of benzene rings is 1. The summed E-state index contributed by atoms with van der Waals surface area (Å²) in [5.41, 5.74) is 3.42. The number of aromatic nitrogens is 5. The minimum absolute atomic E-state index is 0.0425. The third kappa shape index (κ3) is 5.67. The van der Waals surface area contributed by atoms with Crippen LogP contribution in [0.5, 0.6) is 5.88 Å². The number of aryl methyl sites for hydroxylation is 1. The Hall–Kier alpha value is -3.89. The van der Waals surface area contributed by atoms with Crippen LogP contribution in [0, 0.1) is 0 Å². The Kier molecular flexibility index (Phi) is 7.87. The third-order valence-corrected chi connectivity index (χ3v) is 5.98. The molecule has 0 saturated carbocycles. The van der Waals surface area contributed by atoms with E-state index in [1.165, 1.54) is 11.8 Å². The lowest BCUT2D eigenvalue weighted by atomic mass is 10.1. The zero-order valence-corrected chi connectivity index (χ0v) is 21.0. The van der Waals surface area contributed by atoms with E-state index in [-0.39, 0.29) is 24.6 Å². The summed E-state index contributed by atoms with van der Waals surface area (Å²) >= 11 is 6.29. The Morgan fingerprint density at radius 1 is 1.03 bits per heavy atom. The third-order valence-electron chi connectivity index (χ3n) is 5.60. The maximum Gasteiger partial charge on any atom is 0.255 e. The molecule has 188 valence electrons. The molecule has 0 bridgehead atoms. The lowest BCUT2D eigenvalue weighted by molar-refractivity contribution is 0.0945. The molecule has 36 heavy (non-hydrogen) atoms. The van der Waals surface area contributed by atoms with Gasteiger partial charge in [0.1, 0.15) is 16.4 Å². The average Bonchev–Trinajstić information content (AvgIpc) is 3.39. The fourth-order valence-electron chi connectivity index (χ4n) is 3.83. The van der Waals surface area contributed by atoms with E-state index < -0.39 is 0 Å². The molecule has 0 saturated heterocycles. The minimum Gasteiger partial charge on any atom is -0.480 e. The Morgan fingerprint density at radius 2 is 1.75 bits per heavy atom. The SMILES string of the molecule is COCc1nn(Cc2ccc(Cn3ccccc3=O)cc2)cc1C(=O)NCc1nn(C)c(OC)c1Cl. The van der Waals surface area contributed by atoms with Crippen LogP contribution in [0.4, 0.5) is 0 Å². The van der Waals surface area contributed by atoms with Crippen LogP contribution in [-0.2, 0) is 38.0 Å². The first kappa shape index (κ1) is 25.2. The number of amides is 1. The summed E-state index contributed by atoms with van der Waals surface area (Å²) in [5, 5.41) is 12.0. The maximum absolute atomic E-state index is 12.9. The van der Waals surface area contributed by atoms with Crippen molar-refractivity contribution < 1.29 is 14.3 Å². The summed E-state index contributed by atoms with van der Waals surface area (Å²) in [6.45, 7) is 1.30. The molecule has 0 aliphatic carbocycles. The molecule has 1 amide bonds. The summed E-state index contributed by atoms with van der Waals surface area (Å²) in [4.78, 5) is 24.9. The van der Waals surface area contributed by atoms with Gasteiger partial charge in [0.25, 0.3) is 11.5 Å². The molecule has 3 aromatic heterocycles. The van der Waals surface area contributed by atoms with Crippen LogP contribution < -0.4 is 15.6 Å². The highest BCUT2D eigenvalue weighted by Crippen LogP contribution is 2.27. The normalized spacial score (nSPS) is 11.0. The van der Waals surface area contributed by atoms with Crippen molar-refractivity contribution in [1.29, 1.82) is 0 Å². The summed E-state index contributed by atoms with van der Waals surface area (Å²) in [5.74, 6) is 0.119. The molecular formula is C25H27ClN6O4. The van der Waals surface area contributed by atoms with Gasteiger partial charge in [-0.1, -0.05) is 41.9 Å². The van der Waals surface area contributed by atoms with Gasteiger partial charge in [-0.2, -0.15) is 10.2 Å². The Labute approximate surface area is 213 Å². The number of carbonyl (C=O) groups excluding carboxylic acids is 1. The predicted molar refractivity (Wildman–Crippen MR) is 134 cm³/mol. The molecule has 0 fully saturated rings. The first-order valence-electron chi connectivity index (χ1n) is 11.2. The van der Waals surface area contributed by atoms with Gasteiger partial charge in [0.2, 0.25) is 5.88 Å². The number of hydrogen-bond acceptors (Lipinski definition) is 6. The van der Waals surface area contributed by atoms with E-state index in [2.05, 4.69) is 15.5 Å². The van der Waals surface area contributed by atoms with Gasteiger partial charge in [-0.15, -0.1) is 0 Å². The van der Waals surface area contributed by atoms with Gasteiger partial charge in [0.15, 0.2) is 0 Å². The van der Waals surface area contributed by atoms with Crippen LogP contribution in [0.25, 0.3) is 0 Å². The molecule has 11 heteroatoms. The van der Waals surface area contributed by atoms with Crippen LogP contribution in [0.15, 0.2) is 59.7 Å². The number of nitrogens with zero attached hydrogens (tertiary/aromatic N) is 5. The maximum atomic E-state index is 12.9. The van der Waals surface area contributed by atoms with E-state index in [9.17, 15) is 9.59 Å². The highest BCUT2D eigenvalue weighted by molar-refractivity contribution is 6.32. The number of nitrogens with one attached hydrogen (secondary N) is 1. The lowest BCUT2D eigenvalue weighted by Crippen LogP contribution is -2.24. The van der Waals surface area contributed by atoms with E-state index in [0.717, 1.165) is 11.1 Å².